The maximum atomic E-state index is 13.2. The van der Waals surface area contributed by atoms with Gasteiger partial charge in [0.05, 0.1) is 17.5 Å². The summed E-state index contributed by atoms with van der Waals surface area (Å²) in [5.41, 5.74) is 3.33. The van der Waals surface area contributed by atoms with Gasteiger partial charge in [-0.15, -0.1) is 0 Å². The zero-order valence-electron chi connectivity index (χ0n) is 15.6. The second kappa shape index (κ2) is 7.09. The Morgan fingerprint density at radius 1 is 0.857 bits per heavy atom. The molecule has 0 amide bonds. The molecule has 3 aromatic carbocycles. The Bertz CT molecular complexity index is 1250. The van der Waals surface area contributed by atoms with Crippen molar-refractivity contribution < 1.29 is 13.2 Å². The summed E-state index contributed by atoms with van der Waals surface area (Å²) in [6.07, 6.45) is 0. The van der Waals surface area contributed by atoms with E-state index in [0.29, 0.717) is 11.3 Å². The maximum absolute atomic E-state index is 13.2. The van der Waals surface area contributed by atoms with Gasteiger partial charge in [-0.1, -0.05) is 48.0 Å². The molecule has 0 saturated heterocycles. The number of fused-ring (bicyclic) bond motifs is 1. The smallest absolute Gasteiger partial charge is 0.223 e. The van der Waals surface area contributed by atoms with Gasteiger partial charge in [0.25, 0.3) is 0 Å². The number of ether oxygens (including phenoxy) is 1. The first-order valence-corrected chi connectivity index (χ1v) is 10.3. The van der Waals surface area contributed by atoms with Gasteiger partial charge in [0.2, 0.25) is 9.84 Å². The van der Waals surface area contributed by atoms with E-state index in [0.717, 1.165) is 22.1 Å². The first-order valence-electron chi connectivity index (χ1n) is 8.85. The van der Waals surface area contributed by atoms with Gasteiger partial charge in [-0.3, -0.25) is 0 Å². The summed E-state index contributed by atoms with van der Waals surface area (Å²) in [4.78, 5) is 4.70. The highest BCUT2D eigenvalue weighted by molar-refractivity contribution is 7.91. The van der Waals surface area contributed by atoms with Crippen molar-refractivity contribution in [3.63, 3.8) is 0 Å². The molecule has 0 N–H and O–H groups in total. The number of pyridine rings is 1. The largest absolute Gasteiger partial charge is 0.497 e. The van der Waals surface area contributed by atoms with Gasteiger partial charge in [0, 0.05) is 5.39 Å². The molecule has 0 radical (unpaired) electrons. The fourth-order valence-electron chi connectivity index (χ4n) is 3.14. The SMILES string of the molecule is COc1ccc2nc(S(=O)(=O)c3ccc(C)cc3)cc(-c3ccccc3)c2c1. The number of benzene rings is 3. The first-order chi connectivity index (χ1) is 13.5. The summed E-state index contributed by atoms with van der Waals surface area (Å²) < 4.78 is 31.8. The Morgan fingerprint density at radius 2 is 1.57 bits per heavy atom. The van der Waals surface area contributed by atoms with Crippen LogP contribution in [0, 0.1) is 6.92 Å². The van der Waals surface area contributed by atoms with E-state index < -0.39 is 9.84 Å². The highest BCUT2D eigenvalue weighted by Gasteiger charge is 2.22. The molecule has 0 spiro atoms. The predicted octanol–water partition coefficient (Wildman–Crippen LogP) is 5.05. The lowest BCUT2D eigenvalue weighted by Crippen LogP contribution is -2.05. The van der Waals surface area contributed by atoms with Crippen LogP contribution in [0.4, 0.5) is 0 Å². The topological polar surface area (TPSA) is 56.3 Å². The molecular weight excluding hydrogens is 370 g/mol. The Hall–Kier alpha value is -3.18. The van der Waals surface area contributed by atoms with Gasteiger partial charge in [0.15, 0.2) is 5.03 Å². The summed E-state index contributed by atoms with van der Waals surface area (Å²) >= 11 is 0. The highest BCUT2D eigenvalue weighted by atomic mass is 32.2. The molecule has 28 heavy (non-hydrogen) atoms. The van der Waals surface area contributed by atoms with Gasteiger partial charge < -0.3 is 4.74 Å². The van der Waals surface area contributed by atoms with E-state index in [4.69, 9.17) is 4.74 Å². The molecule has 0 unspecified atom stereocenters. The van der Waals surface area contributed by atoms with Crippen LogP contribution in [0.5, 0.6) is 5.75 Å². The molecule has 5 heteroatoms. The third-order valence-electron chi connectivity index (χ3n) is 4.68. The number of hydrogen-bond acceptors (Lipinski definition) is 4. The molecule has 0 bridgehead atoms. The number of hydrogen-bond donors (Lipinski definition) is 0. The second-order valence-corrected chi connectivity index (χ2v) is 8.47. The van der Waals surface area contributed by atoms with Crippen LogP contribution in [-0.2, 0) is 9.84 Å². The molecule has 4 rings (SSSR count). The zero-order valence-corrected chi connectivity index (χ0v) is 16.4. The van der Waals surface area contributed by atoms with Crippen molar-refractivity contribution >= 4 is 20.7 Å². The third kappa shape index (κ3) is 3.25. The number of aromatic nitrogens is 1. The second-order valence-electron chi connectivity index (χ2n) is 6.57. The van der Waals surface area contributed by atoms with Gasteiger partial charge in [-0.05, 0) is 54.4 Å². The molecule has 0 aliphatic carbocycles. The number of rotatable bonds is 4. The van der Waals surface area contributed by atoms with Crippen molar-refractivity contribution in [2.45, 2.75) is 16.8 Å². The molecule has 0 saturated carbocycles. The van der Waals surface area contributed by atoms with E-state index in [1.807, 2.05) is 43.3 Å². The first kappa shape index (κ1) is 18.2. The van der Waals surface area contributed by atoms with Gasteiger partial charge in [-0.25, -0.2) is 13.4 Å². The lowest BCUT2D eigenvalue weighted by Gasteiger charge is -2.12. The van der Waals surface area contributed by atoms with Crippen molar-refractivity contribution in [1.29, 1.82) is 0 Å². The van der Waals surface area contributed by atoms with Gasteiger partial charge in [0.1, 0.15) is 5.75 Å². The van der Waals surface area contributed by atoms with E-state index in [-0.39, 0.29) is 9.92 Å². The Morgan fingerprint density at radius 3 is 2.25 bits per heavy atom. The molecule has 4 nitrogen and oxygen atoms in total. The molecule has 140 valence electrons. The zero-order chi connectivity index (χ0) is 19.7. The fourth-order valence-corrected chi connectivity index (χ4v) is 4.37. The quantitative estimate of drug-likeness (QED) is 0.490. The minimum atomic E-state index is -3.74. The Balaban J connectivity index is 1.99. The molecule has 1 aromatic heterocycles. The highest BCUT2D eigenvalue weighted by Crippen LogP contribution is 2.33. The van der Waals surface area contributed by atoms with Crippen molar-refractivity contribution in [3.05, 3.63) is 84.4 Å². The van der Waals surface area contributed by atoms with Crippen LogP contribution in [0.3, 0.4) is 0 Å². The molecule has 1 heterocycles. The van der Waals surface area contributed by atoms with Crippen LogP contribution in [0.1, 0.15) is 5.56 Å². The third-order valence-corrected chi connectivity index (χ3v) is 6.34. The standard InChI is InChI=1S/C23H19NO3S/c1-16-8-11-19(12-9-16)28(25,26)23-15-20(17-6-4-3-5-7-17)21-14-18(27-2)10-13-22(21)24-23/h3-15H,1-2H3. The fraction of sp³-hybridized carbons (Fsp3) is 0.0870. The molecule has 0 fully saturated rings. The summed E-state index contributed by atoms with van der Waals surface area (Å²) in [7, 11) is -2.13. The van der Waals surface area contributed by atoms with E-state index in [1.54, 1.807) is 49.6 Å². The van der Waals surface area contributed by atoms with E-state index >= 15 is 0 Å². The van der Waals surface area contributed by atoms with E-state index in [2.05, 4.69) is 4.98 Å². The van der Waals surface area contributed by atoms with E-state index in [9.17, 15) is 8.42 Å². The van der Waals surface area contributed by atoms with Crippen molar-refractivity contribution in [1.82, 2.24) is 4.98 Å². The average molecular weight is 389 g/mol. The summed E-state index contributed by atoms with van der Waals surface area (Å²) in [5, 5.41) is 0.876. The summed E-state index contributed by atoms with van der Waals surface area (Å²) in [5.74, 6) is 0.695. The lowest BCUT2D eigenvalue weighted by atomic mass is 10.0. The van der Waals surface area contributed by atoms with Gasteiger partial charge >= 0.3 is 0 Å². The molecular formula is C23H19NO3S. The number of sulfone groups is 1. The van der Waals surface area contributed by atoms with Crippen LogP contribution in [0.25, 0.3) is 22.0 Å². The van der Waals surface area contributed by atoms with Crippen molar-refractivity contribution in [2.24, 2.45) is 0 Å². The number of nitrogens with zero attached hydrogens (tertiary/aromatic N) is 1. The molecule has 0 aliphatic rings. The number of aryl methyl sites for hydroxylation is 1. The Kier molecular flexibility index (Phi) is 4.61. The minimum absolute atomic E-state index is 0.0351. The van der Waals surface area contributed by atoms with Crippen LogP contribution in [-0.4, -0.2) is 20.5 Å². The molecule has 0 atom stereocenters. The Labute approximate surface area is 164 Å². The van der Waals surface area contributed by atoms with Crippen molar-refractivity contribution in [2.75, 3.05) is 7.11 Å². The molecule has 0 aliphatic heterocycles. The summed E-state index contributed by atoms with van der Waals surface area (Å²) in [6, 6.07) is 23.6. The van der Waals surface area contributed by atoms with Crippen LogP contribution >= 0.6 is 0 Å². The molecule has 4 aromatic rings. The van der Waals surface area contributed by atoms with Gasteiger partial charge in [-0.2, -0.15) is 0 Å². The maximum Gasteiger partial charge on any atom is 0.223 e. The van der Waals surface area contributed by atoms with Crippen LogP contribution in [0.2, 0.25) is 0 Å². The number of methoxy groups -OCH3 is 1. The average Bonchev–Trinajstić information content (AvgIpc) is 2.73. The van der Waals surface area contributed by atoms with Crippen LogP contribution < -0.4 is 4.74 Å². The predicted molar refractivity (Wildman–Crippen MR) is 110 cm³/mol. The monoisotopic (exact) mass is 389 g/mol. The van der Waals surface area contributed by atoms with E-state index in [1.165, 1.54) is 0 Å². The lowest BCUT2D eigenvalue weighted by molar-refractivity contribution is 0.415. The van der Waals surface area contributed by atoms with Crippen molar-refractivity contribution in [3.8, 4) is 16.9 Å². The normalized spacial score (nSPS) is 11.5. The van der Waals surface area contributed by atoms with Crippen LogP contribution in [0.15, 0.2) is 88.8 Å². The minimum Gasteiger partial charge on any atom is -0.497 e. The summed E-state index contributed by atoms with van der Waals surface area (Å²) in [6.45, 7) is 1.92.